The number of nitrogen functional groups attached to an aromatic ring is 1. The van der Waals surface area contributed by atoms with Gasteiger partial charge < -0.3 is 16.2 Å². The van der Waals surface area contributed by atoms with Crippen molar-refractivity contribution in [2.45, 2.75) is 45.8 Å². The number of rotatable bonds is 3. The number of anilines is 2. The van der Waals surface area contributed by atoms with Crippen molar-refractivity contribution in [1.82, 2.24) is 9.97 Å². The van der Waals surface area contributed by atoms with Crippen LogP contribution in [0, 0.1) is 6.92 Å². The highest BCUT2D eigenvalue weighted by atomic mass is 16.3. The Morgan fingerprint density at radius 3 is 2.38 bits per heavy atom. The van der Waals surface area contributed by atoms with Gasteiger partial charge in [0.25, 0.3) is 0 Å². The molecule has 0 atom stereocenters. The first kappa shape index (κ1) is 12.7. The smallest absolute Gasteiger partial charge is 0.221 e. The molecule has 0 aliphatic carbocycles. The van der Waals surface area contributed by atoms with Gasteiger partial charge in [-0.2, -0.15) is 4.98 Å². The Morgan fingerprint density at radius 2 is 1.88 bits per heavy atom. The average Bonchev–Trinajstić information content (AvgIpc) is 2.09. The second-order valence-corrected chi connectivity index (χ2v) is 5.07. The minimum absolute atomic E-state index is 0.222. The summed E-state index contributed by atoms with van der Waals surface area (Å²) in [5, 5.41) is 13.2. The summed E-state index contributed by atoms with van der Waals surface area (Å²) in [6.45, 7) is 9.21. The molecule has 0 aliphatic rings. The van der Waals surface area contributed by atoms with E-state index in [1.807, 2.05) is 20.8 Å². The molecule has 0 amide bonds. The van der Waals surface area contributed by atoms with Crippen LogP contribution in [0.5, 0.6) is 0 Å². The molecule has 1 rings (SSSR count). The van der Waals surface area contributed by atoms with E-state index in [4.69, 9.17) is 5.73 Å². The highest BCUT2D eigenvalue weighted by Crippen LogP contribution is 2.26. The van der Waals surface area contributed by atoms with Gasteiger partial charge in [-0.1, -0.05) is 0 Å². The molecule has 1 aromatic heterocycles. The van der Waals surface area contributed by atoms with Crippen molar-refractivity contribution in [2.75, 3.05) is 11.1 Å². The zero-order valence-corrected chi connectivity index (χ0v) is 10.5. The first-order valence-corrected chi connectivity index (χ1v) is 5.23. The largest absolute Gasteiger partial charge is 0.388 e. The van der Waals surface area contributed by atoms with Crippen molar-refractivity contribution < 1.29 is 5.11 Å². The lowest BCUT2D eigenvalue weighted by atomic mass is 9.86. The molecule has 0 fully saturated rings. The van der Waals surface area contributed by atoms with Crippen molar-refractivity contribution in [3.05, 3.63) is 11.8 Å². The SMILES string of the molecule is Cc1cnc(N)nc1NC(C)(C)C(C)(C)O. The van der Waals surface area contributed by atoms with Gasteiger partial charge in [0, 0.05) is 11.8 Å². The van der Waals surface area contributed by atoms with Gasteiger partial charge in [-0.15, -0.1) is 0 Å². The quantitative estimate of drug-likeness (QED) is 0.721. The molecule has 5 nitrogen and oxygen atoms in total. The molecule has 0 aliphatic heterocycles. The summed E-state index contributed by atoms with van der Waals surface area (Å²) in [7, 11) is 0. The Balaban J connectivity index is 3.01. The zero-order chi connectivity index (χ0) is 12.6. The lowest BCUT2D eigenvalue weighted by molar-refractivity contribution is 0.0238. The minimum Gasteiger partial charge on any atom is -0.388 e. The molecule has 1 heterocycles. The van der Waals surface area contributed by atoms with E-state index in [2.05, 4.69) is 15.3 Å². The van der Waals surface area contributed by atoms with Gasteiger partial charge in [0.2, 0.25) is 5.95 Å². The summed E-state index contributed by atoms with van der Waals surface area (Å²) in [6.07, 6.45) is 1.66. The first-order chi connectivity index (χ1) is 7.13. The summed E-state index contributed by atoms with van der Waals surface area (Å²) < 4.78 is 0. The molecule has 5 heteroatoms. The maximum atomic E-state index is 10.0. The first-order valence-electron chi connectivity index (χ1n) is 5.23. The molecule has 16 heavy (non-hydrogen) atoms. The van der Waals surface area contributed by atoms with E-state index in [0.29, 0.717) is 5.82 Å². The molecule has 0 spiro atoms. The Hall–Kier alpha value is -1.36. The van der Waals surface area contributed by atoms with Crippen LogP contribution in [0.1, 0.15) is 33.3 Å². The van der Waals surface area contributed by atoms with Crippen LogP contribution >= 0.6 is 0 Å². The molecular weight excluding hydrogens is 204 g/mol. The van der Waals surface area contributed by atoms with E-state index in [1.54, 1.807) is 20.0 Å². The number of nitrogens with zero attached hydrogens (tertiary/aromatic N) is 2. The maximum absolute atomic E-state index is 10.0. The second-order valence-electron chi connectivity index (χ2n) is 5.07. The van der Waals surface area contributed by atoms with E-state index in [-0.39, 0.29) is 5.95 Å². The summed E-state index contributed by atoms with van der Waals surface area (Å²) in [4.78, 5) is 8.01. The topological polar surface area (TPSA) is 84.1 Å². The van der Waals surface area contributed by atoms with Crippen LogP contribution in [0.3, 0.4) is 0 Å². The fourth-order valence-corrected chi connectivity index (χ4v) is 1.03. The van der Waals surface area contributed by atoms with E-state index in [1.165, 1.54) is 0 Å². The number of nitrogens with one attached hydrogen (secondary N) is 1. The second kappa shape index (κ2) is 3.90. The molecule has 0 saturated heterocycles. The van der Waals surface area contributed by atoms with Crippen molar-refractivity contribution in [2.24, 2.45) is 0 Å². The summed E-state index contributed by atoms with van der Waals surface area (Å²) in [6, 6.07) is 0. The van der Waals surface area contributed by atoms with Gasteiger partial charge in [0.05, 0.1) is 11.1 Å². The number of hydrogen-bond donors (Lipinski definition) is 3. The lowest BCUT2D eigenvalue weighted by Gasteiger charge is -2.38. The summed E-state index contributed by atoms with van der Waals surface area (Å²) >= 11 is 0. The van der Waals surface area contributed by atoms with E-state index in [0.717, 1.165) is 5.56 Å². The van der Waals surface area contributed by atoms with E-state index >= 15 is 0 Å². The van der Waals surface area contributed by atoms with Gasteiger partial charge in [-0.05, 0) is 34.6 Å². The fraction of sp³-hybridized carbons (Fsp3) is 0.636. The average molecular weight is 224 g/mol. The number of aryl methyl sites for hydroxylation is 1. The molecule has 0 radical (unpaired) electrons. The van der Waals surface area contributed by atoms with Crippen molar-refractivity contribution >= 4 is 11.8 Å². The lowest BCUT2D eigenvalue weighted by Crippen LogP contribution is -2.51. The summed E-state index contributed by atoms with van der Waals surface area (Å²) in [5.41, 5.74) is 5.03. The molecular formula is C11H20N4O. The number of hydrogen-bond acceptors (Lipinski definition) is 5. The third kappa shape index (κ3) is 2.61. The van der Waals surface area contributed by atoms with Crippen molar-refractivity contribution in [1.29, 1.82) is 0 Å². The van der Waals surface area contributed by atoms with Gasteiger partial charge in [-0.3, -0.25) is 0 Å². The van der Waals surface area contributed by atoms with Crippen LogP contribution in [-0.4, -0.2) is 26.2 Å². The number of aliphatic hydroxyl groups is 1. The van der Waals surface area contributed by atoms with E-state index in [9.17, 15) is 5.11 Å². The molecule has 4 N–H and O–H groups in total. The monoisotopic (exact) mass is 224 g/mol. The predicted octanol–water partition coefficient (Wildman–Crippen LogP) is 1.33. The van der Waals surface area contributed by atoms with E-state index < -0.39 is 11.1 Å². The van der Waals surface area contributed by atoms with Crippen LogP contribution in [0.15, 0.2) is 6.20 Å². The highest BCUT2D eigenvalue weighted by molar-refractivity contribution is 5.47. The Bertz CT molecular complexity index is 382. The molecule has 1 aromatic rings. The molecule has 90 valence electrons. The van der Waals surface area contributed by atoms with Crippen LogP contribution < -0.4 is 11.1 Å². The van der Waals surface area contributed by atoms with Crippen LogP contribution in [-0.2, 0) is 0 Å². The minimum atomic E-state index is -0.876. The fourth-order valence-electron chi connectivity index (χ4n) is 1.03. The third-order valence-electron chi connectivity index (χ3n) is 2.95. The number of nitrogens with two attached hydrogens (primary N) is 1. The number of aromatic nitrogens is 2. The molecule has 0 unspecified atom stereocenters. The highest BCUT2D eigenvalue weighted by Gasteiger charge is 2.35. The van der Waals surface area contributed by atoms with Crippen LogP contribution in [0.25, 0.3) is 0 Å². The molecule has 0 saturated carbocycles. The Labute approximate surface area is 96.1 Å². The normalized spacial score (nSPS) is 12.6. The van der Waals surface area contributed by atoms with Crippen LogP contribution in [0.2, 0.25) is 0 Å². The van der Waals surface area contributed by atoms with Crippen molar-refractivity contribution in [3.63, 3.8) is 0 Å². The van der Waals surface area contributed by atoms with Crippen LogP contribution in [0.4, 0.5) is 11.8 Å². The summed E-state index contributed by atoms with van der Waals surface area (Å²) in [5.74, 6) is 0.874. The van der Waals surface area contributed by atoms with Gasteiger partial charge in [-0.25, -0.2) is 4.98 Å². The zero-order valence-electron chi connectivity index (χ0n) is 10.5. The maximum Gasteiger partial charge on any atom is 0.221 e. The molecule has 0 bridgehead atoms. The van der Waals surface area contributed by atoms with Gasteiger partial charge in [0.1, 0.15) is 5.82 Å². The Kier molecular flexibility index (Phi) is 3.10. The predicted molar refractivity (Wildman–Crippen MR) is 65.2 cm³/mol. The van der Waals surface area contributed by atoms with Gasteiger partial charge >= 0.3 is 0 Å². The third-order valence-corrected chi connectivity index (χ3v) is 2.95. The molecule has 0 aromatic carbocycles. The Morgan fingerprint density at radius 1 is 1.31 bits per heavy atom. The standard InChI is InChI=1S/C11H20N4O/c1-7-6-13-9(12)14-8(7)15-10(2,3)11(4,5)16/h6,16H,1-5H3,(H3,12,13,14,15). The van der Waals surface area contributed by atoms with Gasteiger partial charge in [0.15, 0.2) is 0 Å². The van der Waals surface area contributed by atoms with Crippen molar-refractivity contribution in [3.8, 4) is 0 Å².